The number of nitrogens with zero attached hydrogens (tertiary/aromatic N) is 2. The largest absolute Gasteiger partial charge is 0.294 e. The van der Waals surface area contributed by atoms with E-state index < -0.39 is 0 Å². The highest BCUT2D eigenvalue weighted by Gasteiger charge is 2.30. The van der Waals surface area contributed by atoms with Gasteiger partial charge < -0.3 is 0 Å². The first kappa shape index (κ1) is 13.9. The molecular formula is C15H24N2S2. The predicted molar refractivity (Wildman–Crippen MR) is 85.3 cm³/mol. The zero-order valence-electron chi connectivity index (χ0n) is 12.0. The summed E-state index contributed by atoms with van der Waals surface area (Å²) in [4.78, 5) is 9.10. The third-order valence-electron chi connectivity index (χ3n) is 4.46. The Morgan fingerprint density at radius 3 is 3.00 bits per heavy atom. The number of hydrogen-bond donors (Lipinski definition) is 0. The number of thioether (sulfide) groups is 1. The zero-order chi connectivity index (χ0) is 13.2. The van der Waals surface area contributed by atoms with Gasteiger partial charge in [0.1, 0.15) is 0 Å². The van der Waals surface area contributed by atoms with Crippen LogP contribution in [-0.2, 0) is 6.42 Å². The molecule has 1 aromatic rings. The predicted octanol–water partition coefficient (Wildman–Crippen LogP) is 4.05. The minimum Gasteiger partial charge on any atom is -0.294 e. The number of hydrogen-bond acceptors (Lipinski definition) is 4. The Bertz CT molecular complexity index is 430. The Labute approximate surface area is 125 Å². The molecule has 2 nitrogen and oxygen atoms in total. The van der Waals surface area contributed by atoms with Gasteiger partial charge in [-0.05, 0) is 51.8 Å². The molecule has 4 heteroatoms. The molecule has 2 unspecified atom stereocenters. The van der Waals surface area contributed by atoms with Crippen LogP contribution in [0.2, 0.25) is 0 Å². The summed E-state index contributed by atoms with van der Waals surface area (Å²) in [6, 6.07) is 0.669. The Morgan fingerprint density at radius 2 is 2.16 bits per heavy atom. The quantitative estimate of drug-likeness (QED) is 0.819. The summed E-state index contributed by atoms with van der Waals surface area (Å²) in [5.74, 6) is 0. The molecule has 2 atom stereocenters. The molecule has 0 aromatic carbocycles. The number of aromatic nitrogens is 1. The molecule has 0 saturated carbocycles. The first-order chi connectivity index (χ1) is 9.28. The van der Waals surface area contributed by atoms with Crippen LogP contribution in [0.25, 0.3) is 0 Å². The Hall–Kier alpha value is -0.0600. The Morgan fingerprint density at radius 1 is 1.26 bits per heavy atom. The SMILES string of the molecule is CSC1CCCCN(C2CCCc3nc(C)sc32)C1. The van der Waals surface area contributed by atoms with Gasteiger partial charge in [-0.15, -0.1) is 11.3 Å². The van der Waals surface area contributed by atoms with Crippen LogP contribution in [0, 0.1) is 6.92 Å². The third kappa shape index (κ3) is 3.01. The van der Waals surface area contributed by atoms with Crippen molar-refractivity contribution in [3.05, 3.63) is 15.6 Å². The van der Waals surface area contributed by atoms with E-state index >= 15 is 0 Å². The molecule has 1 aliphatic carbocycles. The van der Waals surface area contributed by atoms with E-state index in [4.69, 9.17) is 4.98 Å². The second-order valence-electron chi connectivity index (χ2n) is 5.80. The molecule has 1 saturated heterocycles. The molecule has 3 rings (SSSR count). The van der Waals surface area contributed by atoms with Crippen molar-refractivity contribution in [3.8, 4) is 0 Å². The molecule has 0 radical (unpaired) electrons. The van der Waals surface area contributed by atoms with Crippen molar-refractivity contribution < 1.29 is 0 Å². The molecule has 0 N–H and O–H groups in total. The van der Waals surface area contributed by atoms with Crippen molar-refractivity contribution in [2.24, 2.45) is 0 Å². The van der Waals surface area contributed by atoms with Crippen molar-refractivity contribution in [1.29, 1.82) is 0 Å². The van der Waals surface area contributed by atoms with Gasteiger partial charge >= 0.3 is 0 Å². The maximum Gasteiger partial charge on any atom is 0.0900 e. The fourth-order valence-corrected chi connectivity index (χ4v) is 5.36. The molecule has 0 spiro atoms. The van der Waals surface area contributed by atoms with Crippen LogP contribution in [-0.4, -0.2) is 34.5 Å². The summed E-state index contributed by atoms with van der Waals surface area (Å²) >= 11 is 4.01. The lowest BCUT2D eigenvalue weighted by molar-refractivity contribution is 0.190. The van der Waals surface area contributed by atoms with Gasteiger partial charge in [0.05, 0.1) is 10.7 Å². The smallest absolute Gasteiger partial charge is 0.0900 e. The highest BCUT2D eigenvalue weighted by molar-refractivity contribution is 7.99. The van der Waals surface area contributed by atoms with E-state index in [-0.39, 0.29) is 0 Å². The highest BCUT2D eigenvalue weighted by Crippen LogP contribution is 2.39. The van der Waals surface area contributed by atoms with Gasteiger partial charge in [0.2, 0.25) is 0 Å². The van der Waals surface area contributed by atoms with E-state index in [1.54, 1.807) is 4.88 Å². The lowest BCUT2D eigenvalue weighted by Crippen LogP contribution is -2.34. The van der Waals surface area contributed by atoms with Crippen LogP contribution in [0.1, 0.15) is 53.7 Å². The fraction of sp³-hybridized carbons (Fsp3) is 0.800. The summed E-state index contributed by atoms with van der Waals surface area (Å²) in [6.45, 7) is 4.73. The average Bonchev–Trinajstić information content (AvgIpc) is 2.65. The maximum absolute atomic E-state index is 4.75. The third-order valence-corrected chi connectivity index (χ3v) is 6.63. The lowest BCUT2D eigenvalue weighted by atomic mass is 9.96. The van der Waals surface area contributed by atoms with Crippen LogP contribution >= 0.6 is 23.1 Å². The molecule has 19 heavy (non-hydrogen) atoms. The van der Waals surface area contributed by atoms with E-state index in [0.717, 1.165) is 5.25 Å². The van der Waals surface area contributed by atoms with E-state index in [1.165, 1.54) is 62.3 Å². The average molecular weight is 297 g/mol. The monoisotopic (exact) mass is 296 g/mol. The van der Waals surface area contributed by atoms with Crippen molar-refractivity contribution in [2.75, 3.05) is 19.3 Å². The zero-order valence-corrected chi connectivity index (χ0v) is 13.7. The number of fused-ring (bicyclic) bond motifs is 1. The Balaban J connectivity index is 1.81. The summed E-state index contributed by atoms with van der Waals surface area (Å²) in [5.41, 5.74) is 1.41. The van der Waals surface area contributed by atoms with Crippen molar-refractivity contribution in [2.45, 2.75) is 56.7 Å². The molecule has 1 aliphatic heterocycles. The first-order valence-electron chi connectivity index (χ1n) is 7.51. The highest BCUT2D eigenvalue weighted by atomic mass is 32.2. The molecule has 1 fully saturated rings. The summed E-state index contributed by atoms with van der Waals surface area (Å²) in [6.07, 6.45) is 10.3. The standard InChI is InChI=1S/C15H24N2S2/c1-11-16-13-7-5-8-14(15(13)19-11)17-9-4-3-6-12(10-17)18-2/h12,14H,3-10H2,1-2H3. The second kappa shape index (κ2) is 6.15. The van der Waals surface area contributed by atoms with Crippen molar-refractivity contribution in [1.82, 2.24) is 9.88 Å². The van der Waals surface area contributed by atoms with Crippen LogP contribution in [0.15, 0.2) is 0 Å². The lowest BCUT2D eigenvalue weighted by Gasteiger charge is -2.34. The molecule has 1 aromatic heterocycles. The minimum atomic E-state index is 0.669. The van der Waals surface area contributed by atoms with Gasteiger partial charge in [0, 0.05) is 22.7 Å². The number of rotatable bonds is 2. The first-order valence-corrected chi connectivity index (χ1v) is 9.61. The van der Waals surface area contributed by atoms with E-state index in [9.17, 15) is 0 Å². The van der Waals surface area contributed by atoms with Gasteiger partial charge in [0.25, 0.3) is 0 Å². The minimum absolute atomic E-state index is 0.669. The van der Waals surface area contributed by atoms with Gasteiger partial charge in [-0.25, -0.2) is 4.98 Å². The topological polar surface area (TPSA) is 16.1 Å². The summed E-state index contributed by atoms with van der Waals surface area (Å²) in [5, 5.41) is 2.09. The van der Waals surface area contributed by atoms with Gasteiger partial charge in [0.15, 0.2) is 0 Å². The second-order valence-corrected chi connectivity index (χ2v) is 8.17. The summed E-state index contributed by atoms with van der Waals surface area (Å²) < 4.78 is 0. The molecular weight excluding hydrogens is 272 g/mol. The van der Waals surface area contributed by atoms with Crippen LogP contribution in [0.3, 0.4) is 0 Å². The van der Waals surface area contributed by atoms with Gasteiger partial charge in [-0.2, -0.15) is 11.8 Å². The van der Waals surface area contributed by atoms with E-state index in [0.29, 0.717) is 6.04 Å². The fourth-order valence-electron chi connectivity index (χ4n) is 3.47. The van der Waals surface area contributed by atoms with Crippen LogP contribution in [0.5, 0.6) is 0 Å². The van der Waals surface area contributed by atoms with E-state index in [1.807, 2.05) is 11.3 Å². The normalized spacial score (nSPS) is 28.9. The summed E-state index contributed by atoms with van der Waals surface area (Å²) in [7, 11) is 0. The Kier molecular flexibility index (Phi) is 4.50. The van der Waals surface area contributed by atoms with Crippen molar-refractivity contribution >= 4 is 23.1 Å². The molecule has 2 heterocycles. The molecule has 0 bridgehead atoms. The molecule has 2 aliphatic rings. The van der Waals surface area contributed by atoms with Gasteiger partial charge in [-0.1, -0.05) is 6.42 Å². The van der Waals surface area contributed by atoms with Crippen LogP contribution < -0.4 is 0 Å². The number of likely N-dealkylation sites (tertiary alicyclic amines) is 1. The maximum atomic E-state index is 4.75. The number of aryl methyl sites for hydroxylation is 2. The van der Waals surface area contributed by atoms with Crippen molar-refractivity contribution in [3.63, 3.8) is 0 Å². The van der Waals surface area contributed by atoms with E-state index in [2.05, 4.69) is 29.8 Å². The molecule has 106 valence electrons. The van der Waals surface area contributed by atoms with Crippen LogP contribution in [0.4, 0.5) is 0 Å². The number of thiazole rings is 1. The molecule has 0 amide bonds. The van der Waals surface area contributed by atoms with Gasteiger partial charge in [-0.3, -0.25) is 4.90 Å².